The summed E-state index contributed by atoms with van der Waals surface area (Å²) < 4.78 is 42.7. The van der Waals surface area contributed by atoms with Crippen LogP contribution in [0.2, 0.25) is 5.02 Å². The number of fused-ring (bicyclic) bond motifs is 2. The summed E-state index contributed by atoms with van der Waals surface area (Å²) in [6, 6.07) is 15.6. The van der Waals surface area contributed by atoms with E-state index >= 15 is 0 Å². The summed E-state index contributed by atoms with van der Waals surface area (Å²) in [4.78, 5) is 60.2. The van der Waals surface area contributed by atoms with Crippen molar-refractivity contribution in [2.75, 3.05) is 0 Å². The molecule has 2 atom stereocenters. The van der Waals surface area contributed by atoms with Crippen LogP contribution < -0.4 is 22.6 Å². The first-order valence-electron chi connectivity index (χ1n) is 14.4. The van der Waals surface area contributed by atoms with Crippen molar-refractivity contribution in [3.8, 4) is 0 Å². The number of aryl methyl sites for hydroxylation is 1. The molecule has 14 heteroatoms. The molecule has 2 aromatic heterocycles. The normalized spacial score (nSPS) is 12.6. The Morgan fingerprint density at radius 1 is 0.792 bits per heavy atom. The van der Waals surface area contributed by atoms with E-state index in [0.29, 0.717) is 16.3 Å². The summed E-state index contributed by atoms with van der Waals surface area (Å²) in [5, 5.41) is 1.74. The number of carbonyl (C=O) groups is 3. The van der Waals surface area contributed by atoms with Crippen LogP contribution in [0.1, 0.15) is 53.8 Å². The first kappa shape index (κ1) is 36.3. The van der Waals surface area contributed by atoms with Crippen LogP contribution in [-0.4, -0.2) is 26.7 Å². The number of primary amides is 2. The lowest BCUT2D eigenvalue weighted by atomic mass is 9.97. The van der Waals surface area contributed by atoms with Crippen LogP contribution in [0, 0.1) is 3.57 Å². The molecule has 250 valence electrons. The van der Waals surface area contributed by atoms with Gasteiger partial charge in [-0.05, 0) is 96.3 Å². The fourth-order valence-electron chi connectivity index (χ4n) is 5.01. The van der Waals surface area contributed by atoms with Crippen LogP contribution in [-0.2, 0) is 22.2 Å². The number of nitrogens with zero attached hydrogens (tertiary/aromatic N) is 2. The zero-order valence-electron chi connectivity index (χ0n) is 25.6. The molecule has 5 rings (SSSR count). The van der Waals surface area contributed by atoms with E-state index < -0.39 is 46.2 Å². The summed E-state index contributed by atoms with van der Waals surface area (Å²) in [6.07, 6.45) is -1.56. The third kappa shape index (κ3) is 7.79. The van der Waals surface area contributed by atoms with Gasteiger partial charge in [-0.15, -0.1) is 0 Å². The molecule has 9 nitrogen and oxygen atoms in total. The maximum absolute atomic E-state index is 13.0. The van der Waals surface area contributed by atoms with Gasteiger partial charge < -0.3 is 20.6 Å². The van der Waals surface area contributed by atoms with Crippen LogP contribution in [0.5, 0.6) is 0 Å². The van der Waals surface area contributed by atoms with Gasteiger partial charge in [0.15, 0.2) is 5.78 Å². The molecular weight excluding hydrogens is 764 g/mol. The molecule has 0 saturated heterocycles. The third-order valence-electron chi connectivity index (χ3n) is 7.83. The monoisotopic (exact) mass is 792 g/mol. The molecule has 2 heterocycles. The van der Waals surface area contributed by atoms with Crippen molar-refractivity contribution in [1.82, 2.24) is 9.13 Å². The van der Waals surface area contributed by atoms with E-state index in [9.17, 15) is 37.1 Å². The SMILES string of the molecule is C[C@H](C(N)=O)n1ccc2c(C(=O)CCc3ccc(Cl)c(C(F)(F)F)c3)cccc2c1=O.C[C@H](C(N)=O)n1ccc2c(I)cccc2c1=O. The van der Waals surface area contributed by atoms with E-state index in [4.69, 9.17) is 23.1 Å². The Morgan fingerprint density at radius 2 is 1.31 bits per heavy atom. The van der Waals surface area contributed by atoms with Crippen molar-refractivity contribution in [2.24, 2.45) is 11.5 Å². The molecule has 0 aliphatic rings. The van der Waals surface area contributed by atoms with Crippen LogP contribution in [0.4, 0.5) is 13.2 Å². The molecule has 0 radical (unpaired) electrons. The lowest BCUT2D eigenvalue weighted by Crippen LogP contribution is -2.31. The predicted molar refractivity (Wildman–Crippen MR) is 186 cm³/mol. The number of benzene rings is 3. The van der Waals surface area contributed by atoms with Gasteiger partial charge in [0, 0.05) is 44.1 Å². The van der Waals surface area contributed by atoms with Crippen LogP contribution in [0.25, 0.3) is 21.5 Å². The van der Waals surface area contributed by atoms with Crippen molar-refractivity contribution in [2.45, 2.75) is 44.9 Å². The van der Waals surface area contributed by atoms with E-state index in [2.05, 4.69) is 22.6 Å². The molecular formula is C34H29ClF3IN4O5. The van der Waals surface area contributed by atoms with Gasteiger partial charge in [-0.25, -0.2) is 0 Å². The van der Waals surface area contributed by atoms with Crippen LogP contribution >= 0.6 is 34.2 Å². The first-order valence-corrected chi connectivity index (χ1v) is 15.9. The Balaban J connectivity index is 0.000000257. The number of carbonyl (C=O) groups excluding carboxylic acids is 3. The van der Waals surface area contributed by atoms with Gasteiger partial charge in [0.25, 0.3) is 11.1 Å². The second-order valence-electron chi connectivity index (χ2n) is 10.9. The molecule has 4 N–H and O–H groups in total. The van der Waals surface area contributed by atoms with Gasteiger partial charge in [-0.3, -0.25) is 24.0 Å². The fourth-order valence-corrected chi connectivity index (χ4v) is 5.92. The van der Waals surface area contributed by atoms with Crippen molar-refractivity contribution >= 4 is 73.3 Å². The Kier molecular flexibility index (Phi) is 11.1. The maximum Gasteiger partial charge on any atom is 0.417 e. The van der Waals surface area contributed by atoms with E-state index in [-0.39, 0.29) is 35.1 Å². The minimum Gasteiger partial charge on any atom is -0.368 e. The smallest absolute Gasteiger partial charge is 0.368 e. The molecule has 0 spiro atoms. The Hall–Kier alpha value is -4.50. The average molecular weight is 793 g/mol. The molecule has 2 amide bonds. The van der Waals surface area contributed by atoms with Gasteiger partial charge in [0.2, 0.25) is 11.8 Å². The molecule has 0 bridgehead atoms. The van der Waals surface area contributed by atoms with E-state index in [1.54, 1.807) is 37.4 Å². The van der Waals surface area contributed by atoms with Gasteiger partial charge in [0.05, 0.1) is 10.6 Å². The summed E-state index contributed by atoms with van der Waals surface area (Å²) in [7, 11) is 0. The molecule has 0 unspecified atom stereocenters. The van der Waals surface area contributed by atoms with Gasteiger partial charge in [0.1, 0.15) is 12.1 Å². The second-order valence-corrected chi connectivity index (χ2v) is 12.5. The van der Waals surface area contributed by atoms with Crippen LogP contribution in [0.15, 0.2) is 88.7 Å². The van der Waals surface area contributed by atoms with Crippen molar-refractivity contribution in [1.29, 1.82) is 0 Å². The number of alkyl halides is 3. The number of aromatic nitrogens is 2. The van der Waals surface area contributed by atoms with Crippen molar-refractivity contribution in [3.05, 3.63) is 125 Å². The molecule has 0 aliphatic heterocycles. The summed E-state index contributed by atoms with van der Waals surface area (Å²) in [6.45, 7) is 3.11. The third-order valence-corrected chi connectivity index (χ3v) is 9.10. The number of hydrogen-bond donors (Lipinski definition) is 2. The lowest BCUT2D eigenvalue weighted by Gasteiger charge is -2.14. The highest BCUT2D eigenvalue weighted by molar-refractivity contribution is 14.1. The quantitative estimate of drug-likeness (QED) is 0.142. The maximum atomic E-state index is 13.0. The second kappa shape index (κ2) is 14.7. The average Bonchev–Trinajstić information content (AvgIpc) is 3.04. The predicted octanol–water partition coefficient (Wildman–Crippen LogP) is 6.19. The Labute approximate surface area is 290 Å². The zero-order valence-corrected chi connectivity index (χ0v) is 28.5. The molecule has 3 aromatic carbocycles. The highest BCUT2D eigenvalue weighted by atomic mass is 127. The molecule has 0 fully saturated rings. The standard InChI is InChI=1S/C22H18ClF3N2O3.C12H11IN2O2/c1-12(20(27)30)28-10-9-14-15(3-2-4-16(14)21(28)31)19(29)8-6-13-5-7-18(23)17(11-13)22(24,25)26;1-7(11(14)16)15-6-5-8-9(12(15)17)3-2-4-10(8)13/h2-5,7,9-12H,6,8H2,1H3,(H2,27,30);2-7H,1H3,(H2,14,16)/t12-;7-/m11/s1. The van der Waals surface area contributed by atoms with Crippen LogP contribution in [0.3, 0.4) is 0 Å². The first-order chi connectivity index (χ1) is 22.5. The van der Waals surface area contributed by atoms with Gasteiger partial charge in [-0.2, -0.15) is 13.2 Å². The number of halogens is 5. The largest absolute Gasteiger partial charge is 0.417 e. The number of pyridine rings is 2. The number of ketones is 1. The lowest BCUT2D eigenvalue weighted by molar-refractivity contribution is -0.137. The summed E-state index contributed by atoms with van der Waals surface area (Å²) in [5.74, 6) is -1.51. The fraction of sp³-hybridized carbons (Fsp3) is 0.206. The number of amides is 2. The Bertz CT molecular complexity index is 2180. The number of nitrogens with two attached hydrogens (primary N) is 2. The highest BCUT2D eigenvalue weighted by Crippen LogP contribution is 2.35. The van der Waals surface area contributed by atoms with E-state index in [1.807, 2.05) is 18.2 Å². The van der Waals surface area contributed by atoms with E-state index in [0.717, 1.165) is 21.1 Å². The van der Waals surface area contributed by atoms with Crippen molar-refractivity contribution in [3.63, 3.8) is 0 Å². The minimum absolute atomic E-state index is 0.0567. The Morgan fingerprint density at radius 3 is 1.85 bits per heavy atom. The number of hydrogen-bond acceptors (Lipinski definition) is 5. The summed E-state index contributed by atoms with van der Waals surface area (Å²) in [5.41, 5.74) is 9.47. The molecule has 5 aromatic rings. The molecule has 0 aliphatic carbocycles. The summed E-state index contributed by atoms with van der Waals surface area (Å²) >= 11 is 7.80. The topological polar surface area (TPSA) is 147 Å². The molecule has 48 heavy (non-hydrogen) atoms. The van der Waals surface area contributed by atoms with Crippen molar-refractivity contribution < 1.29 is 27.6 Å². The highest BCUT2D eigenvalue weighted by Gasteiger charge is 2.33. The number of Topliss-reactive ketones (excluding diaryl/α,β-unsaturated/α-hetero) is 1. The minimum atomic E-state index is -4.59. The van der Waals surface area contributed by atoms with Gasteiger partial charge in [-0.1, -0.05) is 35.9 Å². The number of rotatable bonds is 8. The van der Waals surface area contributed by atoms with Gasteiger partial charge >= 0.3 is 6.18 Å². The molecule has 0 saturated carbocycles. The van der Waals surface area contributed by atoms with E-state index in [1.165, 1.54) is 34.4 Å². The zero-order chi connectivity index (χ0) is 35.5.